The topological polar surface area (TPSA) is 73.9 Å². The van der Waals surface area contributed by atoms with Crippen LogP contribution in [0.15, 0.2) is 39.9 Å². The first-order valence-corrected chi connectivity index (χ1v) is 9.03. The zero-order chi connectivity index (χ0) is 17.7. The second-order valence-electron chi connectivity index (χ2n) is 6.64. The fourth-order valence-corrected chi connectivity index (χ4v) is 4.12. The Morgan fingerprint density at radius 3 is 2.72 bits per heavy atom. The highest BCUT2D eigenvalue weighted by atomic mass is 32.1. The molecule has 4 rings (SSSR count). The molecular weight excluding hydrogens is 336 g/mol. The average Bonchev–Trinajstić information content (AvgIpc) is 3.12. The lowest BCUT2D eigenvalue weighted by Crippen LogP contribution is -2.25. The number of aryl methyl sites for hydroxylation is 1. The predicted octanol–water partition coefficient (Wildman–Crippen LogP) is 2.47. The number of rotatable bonds is 3. The van der Waals surface area contributed by atoms with Crippen LogP contribution in [0.1, 0.15) is 19.5 Å². The van der Waals surface area contributed by atoms with Crippen molar-refractivity contribution in [3.05, 3.63) is 56.7 Å². The van der Waals surface area contributed by atoms with Crippen molar-refractivity contribution in [1.82, 2.24) is 14.3 Å². The van der Waals surface area contributed by atoms with Gasteiger partial charge in [0.25, 0.3) is 5.56 Å². The van der Waals surface area contributed by atoms with Crippen molar-refractivity contribution in [2.45, 2.75) is 27.3 Å². The molecule has 3 heterocycles. The molecule has 0 aliphatic rings. The lowest BCUT2D eigenvalue weighted by atomic mass is 10.2. The van der Waals surface area contributed by atoms with E-state index in [1.54, 1.807) is 4.57 Å². The van der Waals surface area contributed by atoms with Gasteiger partial charge in [0.1, 0.15) is 10.9 Å². The van der Waals surface area contributed by atoms with Crippen LogP contribution in [0.3, 0.4) is 0 Å². The number of fused-ring (bicyclic) bond motifs is 2. The first-order valence-electron chi connectivity index (χ1n) is 8.22. The number of aromatic nitrogens is 4. The van der Waals surface area contributed by atoms with Gasteiger partial charge in [0.2, 0.25) is 0 Å². The van der Waals surface area contributed by atoms with Crippen molar-refractivity contribution in [2.24, 2.45) is 5.92 Å². The number of thiazole rings is 1. The summed E-state index contributed by atoms with van der Waals surface area (Å²) in [6.45, 7) is 6.54. The molecule has 0 radical (unpaired) electrons. The number of para-hydroxylation sites is 1. The van der Waals surface area contributed by atoms with Gasteiger partial charge in [-0.3, -0.25) is 4.79 Å². The van der Waals surface area contributed by atoms with Crippen LogP contribution in [-0.2, 0) is 6.54 Å². The molecule has 128 valence electrons. The van der Waals surface area contributed by atoms with Crippen molar-refractivity contribution in [3.63, 3.8) is 0 Å². The van der Waals surface area contributed by atoms with E-state index in [4.69, 9.17) is 0 Å². The smallest absolute Gasteiger partial charge is 0.312 e. The minimum Gasteiger partial charge on any atom is -0.312 e. The van der Waals surface area contributed by atoms with Gasteiger partial charge in [-0.05, 0) is 36.3 Å². The van der Waals surface area contributed by atoms with Crippen molar-refractivity contribution in [1.29, 1.82) is 0 Å². The van der Waals surface area contributed by atoms with Crippen molar-refractivity contribution in [2.75, 3.05) is 0 Å². The summed E-state index contributed by atoms with van der Waals surface area (Å²) >= 11 is 1.50. The van der Waals surface area contributed by atoms with E-state index in [0.29, 0.717) is 34.2 Å². The van der Waals surface area contributed by atoms with E-state index in [0.717, 1.165) is 10.2 Å². The Morgan fingerprint density at radius 1 is 1.24 bits per heavy atom. The van der Waals surface area contributed by atoms with Gasteiger partial charge in [0, 0.05) is 18.3 Å². The second-order valence-corrected chi connectivity index (χ2v) is 7.67. The van der Waals surface area contributed by atoms with Crippen molar-refractivity contribution >= 4 is 32.5 Å². The fourth-order valence-electron chi connectivity index (χ4n) is 3.15. The molecule has 2 N–H and O–H groups in total. The normalized spacial score (nSPS) is 11.8. The maximum atomic E-state index is 13.0. The number of hydrogen-bond acceptors (Lipinski definition) is 3. The third kappa shape index (κ3) is 2.51. The molecule has 0 aliphatic heterocycles. The van der Waals surface area contributed by atoms with E-state index < -0.39 is 0 Å². The van der Waals surface area contributed by atoms with Crippen molar-refractivity contribution < 1.29 is 4.98 Å². The summed E-state index contributed by atoms with van der Waals surface area (Å²) in [6.07, 6.45) is 0. The monoisotopic (exact) mass is 355 g/mol. The Labute approximate surface area is 147 Å². The summed E-state index contributed by atoms with van der Waals surface area (Å²) in [7, 11) is 0. The van der Waals surface area contributed by atoms with Crippen LogP contribution < -0.4 is 16.1 Å². The Kier molecular flexibility index (Phi) is 3.61. The van der Waals surface area contributed by atoms with Crippen LogP contribution in [0, 0.1) is 12.8 Å². The average molecular weight is 355 g/mol. The van der Waals surface area contributed by atoms with Gasteiger partial charge in [-0.15, -0.1) is 0 Å². The van der Waals surface area contributed by atoms with Gasteiger partial charge in [0.15, 0.2) is 0 Å². The van der Waals surface area contributed by atoms with E-state index in [-0.39, 0.29) is 11.1 Å². The number of nitrogens with zero attached hydrogens (tertiary/aromatic N) is 2. The summed E-state index contributed by atoms with van der Waals surface area (Å²) in [5.74, 6) is 0.325. The molecule has 25 heavy (non-hydrogen) atoms. The van der Waals surface area contributed by atoms with E-state index >= 15 is 0 Å². The standard InChI is InChI=1S/C18H18N4O2S/c1-10(2)9-21-11(3)16-13(8-15(21)23)20-22(17(16)24)18-19-12-6-4-5-7-14(12)25-18/h4-8,10,20H,9H2,1-3H3/p+1. The fraction of sp³-hybridized carbons (Fsp3) is 0.278. The number of pyridine rings is 1. The highest BCUT2D eigenvalue weighted by Crippen LogP contribution is 2.21. The third-order valence-corrected chi connectivity index (χ3v) is 5.36. The molecule has 7 heteroatoms. The van der Waals surface area contributed by atoms with E-state index in [1.165, 1.54) is 22.1 Å². The molecule has 6 nitrogen and oxygen atoms in total. The molecule has 0 saturated carbocycles. The van der Waals surface area contributed by atoms with Gasteiger partial charge >= 0.3 is 10.7 Å². The molecule has 0 spiro atoms. The molecule has 0 aliphatic carbocycles. The molecule has 0 amide bonds. The first-order chi connectivity index (χ1) is 12.0. The molecule has 1 aromatic carbocycles. The first kappa shape index (κ1) is 15.8. The second kappa shape index (κ2) is 5.70. The van der Waals surface area contributed by atoms with E-state index in [2.05, 4.69) is 23.9 Å². The third-order valence-electron chi connectivity index (χ3n) is 4.31. The maximum Gasteiger partial charge on any atom is 0.369 e. The molecule has 0 fully saturated rings. The van der Waals surface area contributed by atoms with Crippen LogP contribution in [-0.4, -0.2) is 14.3 Å². The summed E-state index contributed by atoms with van der Waals surface area (Å²) in [5, 5.41) is 4.33. The molecular formula is C18H19N4O2S+. The van der Waals surface area contributed by atoms with E-state index in [9.17, 15) is 9.59 Å². The number of H-pyrrole nitrogens is 2. The highest BCUT2D eigenvalue weighted by molar-refractivity contribution is 7.20. The molecule has 4 aromatic rings. The minimum absolute atomic E-state index is 0.0904. The summed E-state index contributed by atoms with van der Waals surface area (Å²) in [4.78, 5) is 28.7. The van der Waals surface area contributed by atoms with Crippen LogP contribution in [0.4, 0.5) is 0 Å². The minimum atomic E-state index is -0.146. The van der Waals surface area contributed by atoms with Crippen LogP contribution in [0.2, 0.25) is 0 Å². The molecule has 0 saturated heterocycles. The predicted molar refractivity (Wildman–Crippen MR) is 99.7 cm³/mol. The van der Waals surface area contributed by atoms with Gasteiger partial charge in [-0.1, -0.05) is 30.7 Å². The molecule has 0 unspecified atom stereocenters. The SMILES string of the molecule is Cc1c2c(=O)n(-c3[nH+]c4ccccc4s3)[nH]c2cc(=O)n1CC(C)C. The van der Waals surface area contributed by atoms with Crippen molar-refractivity contribution in [3.8, 4) is 5.13 Å². The largest absolute Gasteiger partial charge is 0.369 e. The summed E-state index contributed by atoms with van der Waals surface area (Å²) in [5.41, 5.74) is 2.01. The number of hydrogen-bond donors (Lipinski definition) is 1. The Morgan fingerprint density at radius 2 is 2.00 bits per heavy atom. The van der Waals surface area contributed by atoms with Crippen LogP contribution in [0.25, 0.3) is 26.3 Å². The lowest BCUT2D eigenvalue weighted by molar-refractivity contribution is -0.334. The van der Waals surface area contributed by atoms with Crippen LogP contribution in [0.5, 0.6) is 0 Å². The number of benzene rings is 1. The van der Waals surface area contributed by atoms with Gasteiger partial charge in [-0.25, -0.2) is 14.9 Å². The maximum absolute atomic E-state index is 13.0. The molecule has 3 aromatic heterocycles. The Balaban J connectivity index is 1.97. The highest BCUT2D eigenvalue weighted by Gasteiger charge is 2.22. The van der Waals surface area contributed by atoms with Crippen LogP contribution >= 0.6 is 11.3 Å². The molecule has 0 atom stereocenters. The van der Waals surface area contributed by atoms with Gasteiger partial charge < -0.3 is 4.57 Å². The Bertz CT molecular complexity index is 1180. The summed E-state index contributed by atoms with van der Waals surface area (Å²) < 4.78 is 4.24. The zero-order valence-corrected chi connectivity index (χ0v) is 15.1. The van der Waals surface area contributed by atoms with Gasteiger partial charge in [-0.2, -0.15) is 0 Å². The number of aromatic amines is 2. The zero-order valence-electron chi connectivity index (χ0n) is 14.3. The molecule has 0 bridgehead atoms. The number of nitrogens with one attached hydrogen (secondary N) is 2. The van der Waals surface area contributed by atoms with E-state index in [1.807, 2.05) is 31.2 Å². The lowest BCUT2D eigenvalue weighted by Gasteiger charge is -2.11. The Hall–Kier alpha value is -2.67. The van der Waals surface area contributed by atoms with Gasteiger partial charge in [0.05, 0.1) is 10.2 Å². The summed E-state index contributed by atoms with van der Waals surface area (Å²) in [6, 6.07) is 9.40. The quantitative estimate of drug-likeness (QED) is 0.613.